The van der Waals surface area contributed by atoms with Crippen molar-refractivity contribution in [3.05, 3.63) is 47.8 Å². The van der Waals surface area contributed by atoms with E-state index < -0.39 is 6.04 Å². The SMILES string of the molecule is COc1ccc(CN2C(=O)COC[C@H]2C(=O)Nc2cnccc2C)c(OC)c1. The maximum atomic E-state index is 12.9. The number of anilines is 1. The van der Waals surface area contributed by atoms with Crippen molar-refractivity contribution < 1.29 is 23.8 Å². The van der Waals surface area contributed by atoms with Crippen molar-refractivity contribution in [1.29, 1.82) is 0 Å². The Morgan fingerprint density at radius 2 is 2.14 bits per heavy atom. The third kappa shape index (κ3) is 4.23. The third-order valence-corrected chi connectivity index (χ3v) is 4.63. The quantitative estimate of drug-likeness (QED) is 0.815. The van der Waals surface area contributed by atoms with Crippen LogP contribution < -0.4 is 14.8 Å². The summed E-state index contributed by atoms with van der Waals surface area (Å²) in [5.41, 5.74) is 2.26. The molecule has 0 unspecified atom stereocenters. The summed E-state index contributed by atoms with van der Waals surface area (Å²) in [6.07, 6.45) is 3.23. The van der Waals surface area contributed by atoms with Crippen molar-refractivity contribution >= 4 is 17.5 Å². The van der Waals surface area contributed by atoms with Crippen molar-refractivity contribution in [2.24, 2.45) is 0 Å². The fourth-order valence-corrected chi connectivity index (χ4v) is 3.00. The fourth-order valence-electron chi connectivity index (χ4n) is 3.00. The van der Waals surface area contributed by atoms with Gasteiger partial charge in [0.1, 0.15) is 24.1 Å². The highest BCUT2D eigenvalue weighted by atomic mass is 16.5. The van der Waals surface area contributed by atoms with Crippen LogP contribution in [0.1, 0.15) is 11.1 Å². The van der Waals surface area contributed by atoms with Crippen molar-refractivity contribution in [1.82, 2.24) is 9.88 Å². The molecule has 1 aromatic carbocycles. The van der Waals surface area contributed by atoms with Crippen LogP contribution in [0.4, 0.5) is 5.69 Å². The lowest BCUT2D eigenvalue weighted by Gasteiger charge is -2.34. The van der Waals surface area contributed by atoms with E-state index in [2.05, 4.69) is 10.3 Å². The number of benzene rings is 1. The number of carbonyl (C=O) groups excluding carboxylic acids is 2. The van der Waals surface area contributed by atoms with Gasteiger partial charge >= 0.3 is 0 Å². The lowest BCUT2D eigenvalue weighted by Crippen LogP contribution is -2.54. The van der Waals surface area contributed by atoms with Gasteiger partial charge in [0.15, 0.2) is 0 Å². The molecule has 0 bridgehead atoms. The number of nitrogens with zero attached hydrogens (tertiary/aromatic N) is 2. The van der Waals surface area contributed by atoms with Crippen LogP contribution in [0.25, 0.3) is 0 Å². The van der Waals surface area contributed by atoms with Crippen LogP contribution in [0, 0.1) is 6.92 Å². The molecule has 148 valence electrons. The zero-order valence-corrected chi connectivity index (χ0v) is 16.1. The molecule has 1 saturated heterocycles. The predicted molar refractivity (Wildman–Crippen MR) is 102 cm³/mol. The second-order valence-electron chi connectivity index (χ2n) is 6.41. The van der Waals surface area contributed by atoms with Gasteiger partial charge in [-0.3, -0.25) is 14.6 Å². The van der Waals surface area contributed by atoms with Gasteiger partial charge in [0.25, 0.3) is 0 Å². The molecule has 1 N–H and O–H groups in total. The standard InChI is InChI=1S/C20H23N3O5/c1-13-6-7-21-9-16(13)22-20(25)17-11-28-12-19(24)23(17)10-14-4-5-15(26-2)8-18(14)27-3/h4-9,17H,10-12H2,1-3H3,(H,22,25)/t17-/m0/s1. The molecule has 2 aromatic rings. The molecule has 8 nitrogen and oxygen atoms in total. The second kappa shape index (κ2) is 8.71. The number of aromatic nitrogens is 1. The summed E-state index contributed by atoms with van der Waals surface area (Å²) in [5.74, 6) is 0.653. The van der Waals surface area contributed by atoms with Crippen LogP contribution in [-0.2, 0) is 20.9 Å². The maximum Gasteiger partial charge on any atom is 0.249 e. The van der Waals surface area contributed by atoms with Gasteiger partial charge in [0.05, 0.1) is 39.3 Å². The molecule has 0 saturated carbocycles. The van der Waals surface area contributed by atoms with E-state index >= 15 is 0 Å². The van der Waals surface area contributed by atoms with Gasteiger partial charge in [-0.15, -0.1) is 0 Å². The van der Waals surface area contributed by atoms with Crippen LogP contribution >= 0.6 is 0 Å². The molecule has 1 aliphatic rings. The number of ether oxygens (including phenoxy) is 3. The molecule has 3 rings (SSSR count). The first kappa shape index (κ1) is 19.6. The Morgan fingerprint density at radius 3 is 2.86 bits per heavy atom. The van der Waals surface area contributed by atoms with Crippen LogP contribution in [0.2, 0.25) is 0 Å². The van der Waals surface area contributed by atoms with Crippen LogP contribution in [0.3, 0.4) is 0 Å². The first-order valence-corrected chi connectivity index (χ1v) is 8.83. The van der Waals surface area contributed by atoms with Crippen LogP contribution in [0.5, 0.6) is 11.5 Å². The molecule has 0 radical (unpaired) electrons. The van der Waals surface area contributed by atoms with E-state index in [4.69, 9.17) is 14.2 Å². The number of methoxy groups -OCH3 is 2. The van der Waals surface area contributed by atoms with Gasteiger partial charge in [-0.1, -0.05) is 0 Å². The van der Waals surface area contributed by atoms with Gasteiger partial charge in [-0.25, -0.2) is 0 Å². The van der Waals surface area contributed by atoms with E-state index in [1.807, 2.05) is 13.0 Å². The molecule has 0 spiro atoms. The molecule has 8 heteroatoms. The zero-order chi connectivity index (χ0) is 20.1. The fraction of sp³-hybridized carbons (Fsp3) is 0.350. The normalized spacial score (nSPS) is 16.6. The Balaban J connectivity index is 1.82. The second-order valence-corrected chi connectivity index (χ2v) is 6.41. The van der Waals surface area contributed by atoms with Crippen molar-refractivity contribution in [2.75, 3.05) is 32.8 Å². The van der Waals surface area contributed by atoms with Crippen molar-refractivity contribution in [3.8, 4) is 11.5 Å². The minimum atomic E-state index is -0.757. The topological polar surface area (TPSA) is 90.0 Å². The number of hydrogen-bond acceptors (Lipinski definition) is 6. The lowest BCUT2D eigenvalue weighted by atomic mass is 10.1. The lowest BCUT2D eigenvalue weighted by molar-refractivity contribution is -0.154. The molecular weight excluding hydrogens is 362 g/mol. The number of pyridine rings is 1. The molecular formula is C20H23N3O5. The van der Waals surface area contributed by atoms with E-state index in [9.17, 15) is 9.59 Å². The van der Waals surface area contributed by atoms with Gasteiger partial charge in [-0.2, -0.15) is 0 Å². The molecule has 0 aliphatic carbocycles. The number of carbonyl (C=O) groups is 2. The number of hydrogen-bond donors (Lipinski definition) is 1. The zero-order valence-electron chi connectivity index (χ0n) is 16.1. The van der Waals surface area contributed by atoms with E-state index in [-0.39, 0.29) is 31.6 Å². The number of amides is 2. The molecule has 2 heterocycles. The largest absolute Gasteiger partial charge is 0.497 e. The molecule has 1 fully saturated rings. The first-order valence-electron chi connectivity index (χ1n) is 8.83. The summed E-state index contributed by atoms with van der Waals surface area (Å²) in [5, 5.41) is 2.84. The Labute approximate surface area is 163 Å². The predicted octanol–water partition coefficient (Wildman–Crippen LogP) is 1.77. The van der Waals surface area contributed by atoms with Crippen LogP contribution in [0.15, 0.2) is 36.7 Å². The molecule has 1 aromatic heterocycles. The average Bonchev–Trinajstić information content (AvgIpc) is 2.71. The minimum absolute atomic E-state index is 0.0613. The smallest absolute Gasteiger partial charge is 0.249 e. The highest BCUT2D eigenvalue weighted by molar-refractivity contribution is 5.98. The van der Waals surface area contributed by atoms with Gasteiger partial charge < -0.3 is 24.4 Å². The van der Waals surface area contributed by atoms with Crippen molar-refractivity contribution in [3.63, 3.8) is 0 Å². The van der Waals surface area contributed by atoms with Gasteiger partial charge in [-0.05, 0) is 30.7 Å². The Morgan fingerprint density at radius 1 is 1.32 bits per heavy atom. The summed E-state index contributed by atoms with van der Waals surface area (Å²) in [6.45, 7) is 2.16. The monoisotopic (exact) mass is 385 g/mol. The summed E-state index contributed by atoms with van der Waals surface area (Å²) >= 11 is 0. The number of morpholine rings is 1. The third-order valence-electron chi connectivity index (χ3n) is 4.63. The molecule has 28 heavy (non-hydrogen) atoms. The number of nitrogens with one attached hydrogen (secondary N) is 1. The van der Waals surface area contributed by atoms with E-state index in [1.165, 1.54) is 4.90 Å². The first-order chi connectivity index (χ1) is 13.5. The summed E-state index contributed by atoms with van der Waals surface area (Å²) in [7, 11) is 3.12. The number of aryl methyl sites for hydroxylation is 1. The summed E-state index contributed by atoms with van der Waals surface area (Å²) in [4.78, 5) is 30.9. The molecule has 2 amide bonds. The highest BCUT2D eigenvalue weighted by Crippen LogP contribution is 2.27. The number of rotatable bonds is 6. The molecule has 1 atom stereocenters. The van der Waals surface area contributed by atoms with Crippen molar-refractivity contribution in [2.45, 2.75) is 19.5 Å². The minimum Gasteiger partial charge on any atom is -0.497 e. The Hall–Kier alpha value is -3.13. The molecule has 1 aliphatic heterocycles. The van der Waals surface area contributed by atoms with Gasteiger partial charge in [0, 0.05) is 17.8 Å². The maximum absolute atomic E-state index is 12.9. The summed E-state index contributed by atoms with van der Waals surface area (Å²) in [6, 6.07) is 6.40. The average molecular weight is 385 g/mol. The van der Waals surface area contributed by atoms with E-state index in [0.29, 0.717) is 17.2 Å². The highest BCUT2D eigenvalue weighted by Gasteiger charge is 2.34. The van der Waals surface area contributed by atoms with Gasteiger partial charge in [0.2, 0.25) is 11.8 Å². The Kier molecular flexibility index (Phi) is 6.10. The summed E-state index contributed by atoms with van der Waals surface area (Å²) < 4.78 is 15.9. The van der Waals surface area contributed by atoms with Crippen LogP contribution in [-0.4, -0.2) is 55.2 Å². The Bertz CT molecular complexity index is 871. The van der Waals surface area contributed by atoms with E-state index in [0.717, 1.165) is 11.1 Å². The van der Waals surface area contributed by atoms with E-state index in [1.54, 1.807) is 44.8 Å².